The third-order valence-electron chi connectivity index (χ3n) is 5.37. The summed E-state index contributed by atoms with van der Waals surface area (Å²) in [6.45, 7) is 3.26. The fourth-order valence-electron chi connectivity index (χ4n) is 3.64. The van der Waals surface area contributed by atoms with E-state index in [4.69, 9.17) is 23.8 Å². The van der Waals surface area contributed by atoms with Crippen molar-refractivity contribution < 1.29 is 9.59 Å². The molecule has 0 saturated carbocycles. The van der Waals surface area contributed by atoms with Gasteiger partial charge in [-0.25, -0.2) is 0 Å². The van der Waals surface area contributed by atoms with Crippen molar-refractivity contribution in [3.05, 3.63) is 70.1 Å². The van der Waals surface area contributed by atoms with Crippen LogP contribution in [0.4, 0.5) is 5.69 Å². The molecule has 0 unspecified atom stereocenters. The van der Waals surface area contributed by atoms with Crippen molar-refractivity contribution in [2.24, 2.45) is 0 Å². The Hall–Kier alpha value is -2.35. The highest BCUT2D eigenvalue weighted by atomic mass is 35.5. The van der Waals surface area contributed by atoms with Crippen LogP contribution in [0.1, 0.15) is 12.0 Å². The summed E-state index contributed by atoms with van der Waals surface area (Å²) >= 11 is 12.8. The molecule has 0 atom stereocenters. The number of hydrogen-bond acceptors (Lipinski definition) is 5. The number of rotatable bonds is 5. The van der Waals surface area contributed by atoms with Crippen molar-refractivity contribution in [3.63, 3.8) is 0 Å². The van der Waals surface area contributed by atoms with Gasteiger partial charge in [-0.15, -0.1) is 0 Å². The topological polar surface area (TPSA) is 43.9 Å². The van der Waals surface area contributed by atoms with Gasteiger partial charge in [0.2, 0.25) is 5.91 Å². The summed E-state index contributed by atoms with van der Waals surface area (Å²) in [5.74, 6) is -0.117. The minimum absolute atomic E-state index is 0.0526. The van der Waals surface area contributed by atoms with E-state index in [2.05, 4.69) is 17.0 Å². The number of piperazine rings is 1. The maximum Gasteiger partial charge on any atom is 0.266 e. The minimum atomic E-state index is -0.170. The predicted molar refractivity (Wildman–Crippen MR) is 131 cm³/mol. The van der Waals surface area contributed by atoms with E-state index >= 15 is 0 Å². The van der Waals surface area contributed by atoms with Gasteiger partial charge in [0, 0.05) is 49.9 Å². The van der Waals surface area contributed by atoms with Crippen LogP contribution in [-0.2, 0) is 9.59 Å². The number of carbonyl (C=O) groups excluding carboxylic acids is 2. The Bertz CT molecular complexity index is 1020. The smallest absolute Gasteiger partial charge is 0.266 e. The number of para-hydroxylation sites is 1. The Morgan fingerprint density at radius 3 is 2.42 bits per heavy atom. The second kappa shape index (κ2) is 9.85. The van der Waals surface area contributed by atoms with Gasteiger partial charge in [-0.3, -0.25) is 14.5 Å². The summed E-state index contributed by atoms with van der Waals surface area (Å²) in [6, 6.07) is 17.6. The van der Waals surface area contributed by atoms with E-state index in [1.165, 1.54) is 22.3 Å². The maximum absolute atomic E-state index is 12.8. The lowest BCUT2D eigenvalue weighted by Crippen LogP contribution is -2.49. The summed E-state index contributed by atoms with van der Waals surface area (Å²) in [5.41, 5.74) is 1.95. The molecular formula is C23H22ClN3O2S2. The van der Waals surface area contributed by atoms with Crippen molar-refractivity contribution in [1.82, 2.24) is 9.80 Å². The number of thioether (sulfide) groups is 1. The second-order valence-corrected chi connectivity index (χ2v) is 9.39. The number of carbonyl (C=O) groups is 2. The van der Waals surface area contributed by atoms with E-state index in [1.54, 1.807) is 12.1 Å². The van der Waals surface area contributed by atoms with E-state index in [9.17, 15) is 9.59 Å². The molecule has 2 aromatic carbocycles. The molecule has 2 amide bonds. The Labute approximate surface area is 196 Å². The van der Waals surface area contributed by atoms with Crippen molar-refractivity contribution in [3.8, 4) is 0 Å². The molecule has 2 fully saturated rings. The zero-order valence-electron chi connectivity index (χ0n) is 16.9. The lowest BCUT2D eigenvalue weighted by atomic mass is 10.2. The van der Waals surface area contributed by atoms with Crippen LogP contribution in [0, 0.1) is 0 Å². The molecule has 0 bridgehead atoms. The number of nitrogens with zero attached hydrogens (tertiary/aromatic N) is 3. The van der Waals surface area contributed by atoms with Crippen LogP contribution in [0.2, 0.25) is 5.02 Å². The van der Waals surface area contributed by atoms with E-state index in [0.717, 1.165) is 18.7 Å². The maximum atomic E-state index is 12.8. The molecule has 0 aromatic heterocycles. The lowest BCUT2D eigenvalue weighted by Gasteiger charge is -2.36. The first-order valence-corrected chi connectivity index (χ1v) is 11.7. The molecule has 5 nitrogen and oxygen atoms in total. The molecular weight excluding hydrogens is 450 g/mol. The van der Waals surface area contributed by atoms with Crippen LogP contribution >= 0.6 is 35.6 Å². The van der Waals surface area contributed by atoms with Gasteiger partial charge in [-0.2, -0.15) is 0 Å². The van der Waals surface area contributed by atoms with Crippen LogP contribution in [-0.4, -0.2) is 58.7 Å². The van der Waals surface area contributed by atoms with Gasteiger partial charge in [0.1, 0.15) is 4.32 Å². The zero-order chi connectivity index (χ0) is 21.8. The normalized spacial score (nSPS) is 18.2. The summed E-state index contributed by atoms with van der Waals surface area (Å²) in [4.78, 5) is 31.7. The third kappa shape index (κ3) is 5.11. The largest absolute Gasteiger partial charge is 0.368 e. The van der Waals surface area contributed by atoms with E-state index < -0.39 is 0 Å². The average molecular weight is 472 g/mol. The summed E-state index contributed by atoms with van der Waals surface area (Å²) < 4.78 is 0.477. The second-order valence-electron chi connectivity index (χ2n) is 7.31. The summed E-state index contributed by atoms with van der Waals surface area (Å²) in [5, 5.41) is 0.581. The van der Waals surface area contributed by atoms with Gasteiger partial charge in [-0.1, -0.05) is 72.0 Å². The van der Waals surface area contributed by atoms with Crippen LogP contribution in [0.3, 0.4) is 0 Å². The lowest BCUT2D eigenvalue weighted by molar-refractivity contribution is -0.132. The summed E-state index contributed by atoms with van der Waals surface area (Å²) in [6.07, 6.45) is 2.02. The molecule has 0 radical (unpaired) electrons. The molecule has 0 N–H and O–H groups in total. The SMILES string of the molecule is O=C(CCN1C(=O)C(=Cc2ccccc2Cl)SC1=S)N1CCN(c2ccccc2)CC1. The molecule has 0 aliphatic carbocycles. The molecule has 2 saturated heterocycles. The van der Waals surface area contributed by atoms with Gasteiger partial charge >= 0.3 is 0 Å². The highest BCUT2D eigenvalue weighted by Gasteiger charge is 2.33. The number of halogens is 1. The first kappa shape index (κ1) is 21.9. The molecule has 2 aliphatic rings. The number of amides is 2. The Morgan fingerprint density at radius 2 is 1.71 bits per heavy atom. The summed E-state index contributed by atoms with van der Waals surface area (Å²) in [7, 11) is 0. The number of benzene rings is 2. The molecule has 0 spiro atoms. The third-order valence-corrected chi connectivity index (χ3v) is 7.09. The molecule has 31 heavy (non-hydrogen) atoms. The van der Waals surface area contributed by atoms with Crippen LogP contribution in [0.15, 0.2) is 59.5 Å². The van der Waals surface area contributed by atoms with Crippen molar-refractivity contribution in [2.45, 2.75) is 6.42 Å². The Kier molecular flexibility index (Phi) is 6.95. The predicted octanol–water partition coefficient (Wildman–Crippen LogP) is 4.28. The number of anilines is 1. The van der Waals surface area contributed by atoms with Gasteiger partial charge in [0.15, 0.2) is 0 Å². The first-order valence-electron chi connectivity index (χ1n) is 10.1. The van der Waals surface area contributed by atoms with Gasteiger partial charge in [-0.05, 0) is 29.8 Å². The van der Waals surface area contributed by atoms with E-state index in [1.807, 2.05) is 41.3 Å². The average Bonchev–Trinajstić information content (AvgIpc) is 3.06. The van der Waals surface area contributed by atoms with Crippen molar-refractivity contribution >= 4 is 63.5 Å². The van der Waals surface area contributed by atoms with Crippen LogP contribution in [0.5, 0.6) is 0 Å². The van der Waals surface area contributed by atoms with E-state index in [0.29, 0.717) is 33.9 Å². The highest BCUT2D eigenvalue weighted by Crippen LogP contribution is 2.33. The number of thiocarbonyl (C=S) groups is 1. The molecule has 8 heteroatoms. The Balaban J connectivity index is 1.31. The molecule has 160 valence electrons. The molecule has 4 rings (SSSR count). The van der Waals surface area contributed by atoms with Crippen molar-refractivity contribution in [2.75, 3.05) is 37.6 Å². The first-order chi connectivity index (χ1) is 15.0. The van der Waals surface area contributed by atoms with Gasteiger partial charge in [0.05, 0.1) is 4.91 Å². The van der Waals surface area contributed by atoms with Crippen molar-refractivity contribution in [1.29, 1.82) is 0 Å². The fraction of sp³-hybridized carbons (Fsp3) is 0.261. The fourth-order valence-corrected chi connectivity index (χ4v) is 5.13. The Morgan fingerprint density at radius 1 is 1.03 bits per heavy atom. The number of hydrogen-bond donors (Lipinski definition) is 0. The highest BCUT2D eigenvalue weighted by molar-refractivity contribution is 8.26. The van der Waals surface area contributed by atoms with Crippen LogP contribution < -0.4 is 4.90 Å². The molecule has 2 aliphatic heterocycles. The standard InChI is InChI=1S/C23H22ClN3O2S2/c24-19-9-5-4-6-17(19)16-20-22(29)27(23(30)31-20)11-10-21(28)26-14-12-25(13-15-26)18-7-2-1-3-8-18/h1-9,16H,10-15H2. The minimum Gasteiger partial charge on any atom is -0.368 e. The zero-order valence-corrected chi connectivity index (χ0v) is 19.3. The van der Waals surface area contributed by atoms with Gasteiger partial charge in [0.25, 0.3) is 5.91 Å². The van der Waals surface area contributed by atoms with Gasteiger partial charge < -0.3 is 9.80 Å². The van der Waals surface area contributed by atoms with Crippen LogP contribution in [0.25, 0.3) is 6.08 Å². The van der Waals surface area contributed by atoms with E-state index in [-0.39, 0.29) is 18.2 Å². The monoisotopic (exact) mass is 471 g/mol. The quantitative estimate of drug-likeness (QED) is 0.481. The molecule has 2 aromatic rings. The molecule has 2 heterocycles.